The number of halogens is 1. The van der Waals surface area contributed by atoms with E-state index >= 15 is 0 Å². The van der Waals surface area contributed by atoms with Crippen LogP contribution in [-0.2, 0) is 6.42 Å². The summed E-state index contributed by atoms with van der Waals surface area (Å²) >= 11 is 0. The van der Waals surface area contributed by atoms with Crippen LogP contribution in [0.4, 0.5) is 4.39 Å². The van der Waals surface area contributed by atoms with Crippen molar-refractivity contribution in [1.82, 2.24) is 0 Å². The summed E-state index contributed by atoms with van der Waals surface area (Å²) in [5, 5.41) is 0. The standard InChI is InChI=1S/C16H18FN/c1-11-8-14(6-7-18)16(9-12(11)2)13-4-3-5-15(17)10-13/h3-5,8-10H,6-7,18H2,1-2H3. The second-order valence-corrected chi connectivity index (χ2v) is 4.64. The summed E-state index contributed by atoms with van der Waals surface area (Å²) in [6.07, 6.45) is 0.812. The van der Waals surface area contributed by atoms with E-state index in [4.69, 9.17) is 5.73 Å². The molecule has 0 heterocycles. The van der Waals surface area contributed by atoms with Crippen LogP contribution < -0.4 is 5.73 Å². The molecule has 2 rings (SSSR count). The van der Waals surface area contributed by atoms with Crippen LogP contribution in [0.5, 0.6) is 0 Å². The molecule has 0 amide bonds. The van der Waals surface area contributed by atoms with E-state index < -0.39 is 0 Å². The van der Waals surface area contributed by atoms with Crippen LogP contribution in [0.2, 0.25) is 0 Å². The molecule has 0 aliphatic rings. The largest absolute Gasteiger partial charge is 0.330 e. The highest BCUT2D eigenvalue weighted by atomic mass is 19.1. The van der Waals surface area contributed by atoms with Crippen molar-refractivity contribution in [2.75, 3.05) is 6.54 Å². The first kappa shape index (κ1) is 12.8. The van der Waals surface area contributed by atoms with Gasteiger partial charge in [0.1, 0.15) is 5.82 Å². The summed E-state index contributed by atoms with van der Waals surface area (Å²) in [7, 11) is 0. The molecule has 0 aliphatic carbocycles. The van der Waals surface area contributed by atoms with Gasteiger partial charge in [0.15, 0.2) is 0 Å². The van der Waals surface area contributed by atoms with E-state index in [0.717, 1.165) is 17.5 Å². The minimum absolute atomic E-state index is 0.204. The Bertz CT molecular complexity index is 561. The van der Waals surface area contributed by atoms with Crippen molar-refractivity contribution in [3.63, 3.8) is 0 Å². The molecule has 0 fully saturated rings. The molecular formula is C16H18FN. The highest BCUT2D eigenvalue weighted by Gasteiger charge is 2.08. The van der Waals surface area contributed by atoms with Crippen molar-refractivity contribution in [1.29, 1.82) is 0 Å². The van der Waals surface area contributed by atoms with Gasteiger partial charge in [-0.1, -0.05) is 24.3 Å². The molecule has 0 aliphatic heterocycles. The maximum Gasteiger partial charge on any atom is 0.123 e. The fraction of sp³-hybridized carbons (Fsp3) is 0.250. The van der Waals surface area contributed by atoms with Gasteiger partial charge >= 0.3 is 0 Å². The lowest BCUT2D eigenvalue weighted by atomic mass is 9.93. The number of hydrogen-bond donors (Lipinski definition) is 1. The van der Waals surface area contributed by atoms with Gasteiger partial charge in [0.05, 0.1) is 0 Å². The summed E-state index contributed by atoms with van der Waals surface area (Å²) in [6, 6.07) is 11.0. The summed E-state index contributed by atoms with van der Waals surface area (Å²) in [4.78, 5) is 0. The van der Waals surface area contributed by atoms with Crippen LogP contribution in [0.25, 0.3) is 11.1 Å². The average Bonchev–Trinajstić information content (AvgIpc) is 2.34. The second kappa shape index (κ2) is 5.32. The molecule has 2 aromatic carbocycles. The Morgan fingerprint density at radius 2 is 1.78 bits per heavy atom. The lowest BCUT2D eigenvalue weighted by Gasteiger charge is -2.13. The number of aryl methyl sites for hydroxylation is 2. The molecule has 18 heavy (non-hydrogen) atoms. The molecule has 0 radical (unpaired) electrons. The summed E-state index contributed by atoms with van der Waals surface area (Å²) in [6.45, 7) is 4.76. The first-order chi connectivity index (χ1) is 8.61. The molecule has 94 valence electrons. The van der Waals surface area contributed by atoms with Gasteiger partial charge in [-0.15, -0.1) is 0 Å². The Morgan fingerprint density at radius 1 is 1.06 bits per heavy atom. The molecule has 0 atom stereocenters. The van der Waals surface area contributed by atoms with Gasteiger partial charge in [0.25, 0.3) is 0 Å². The third-order valence-electron chi connectivity index (χ3n) is 3.27. The van der Waals surface area contributed by atoms with Crippen molar-refractivity contribution in [2.45, 2.75) is 20.3 Å². The maximum atomic E-state index is 13.3. The topological polar surface area (TPSA) is 26.0 Å². The van der Waals surface area contributed by atoms with Crippen LogP contribution in [-0.4, -0.2) is 6.54 Å². The molecule has 0 saturated heterocycles. The molecule has 2 heteroatoms. The SMILES string of the molecule is Cc1cc(CCN)c(-c2cccc(F)c2)cc1C. The number of rotatable bonds is 3. The van der Waals surface area contributed by atoms with Crippen LogP contribution in [0.15, 0.2) is 36.4 Å². The third-order valence-corrected chi connectivity index (χ3v) is 3.27. The van der Waals surface area contributed by atoms with Crippen LogP contribution >= 0.6 is 0 Å². The predicted octanol–water partition coefficient (Wildman–Crippen LogP) is 3.61. The first-order valence-electron chi connectivity index (χ1n) is 6.18. The molecule has 0 saturated carbocycles. The zero-order chi connectivity index (χ0) is 13.1. The normalized spacial score (nSPS) is 10.7. The Balaban J connectivity index is 2.58. The van der Waals surface area contributed by atoms with Crippen molar-refractivity contribution in [3.05, 3.63) is 58.9 Å². The highest BCUT2D eigenvalue weighted by molar-refractivity contribution is 5.69. The molecule has 0 spiro atoms. The summed E-state index contributed by atoms with van der Waals surface area (Å²) in [5.41, 5.74) is 11.3. The maximum absolute atomic E-state index is 13.3. The molecule has 1 nitrogen and oxygen atoms in total. The molecular weight excluding hydrogens is 225 g/mol. The highest BCUT2D eigenvalue weighted by Crippen LogP contribution is 2.27. The average molecular weight is 243 g/mol. The van der Waals surface area contributed by atoms with Gasteiger partial charge < -0.3 is 5.73 Å². The predicted molar refractivity (Wildman–Crippen MR) is 74.1 cm³/mol. The van der Waals surface area contributed by atoms with Gasteiger partial charge in [0.2, 0.25) is 0 Å². The van der Waals surface area contributed by atoms with Gasteiger partial charge in [0, 0.05) is 0 Å². The van der Waals surface area contributed by atoms with E-state index in [-0.39, 0.29) is 5.82 Å². The molecule has 0 bridgehead atoms. The second-order valence-electron chi connectivity index (χ2n) is 4.64. The van der Waals surface area contributed by atoms with Crippen molar-refractivity contribution in [3.8, 4) is 11.1 Å². The summed E-state index contributed by atoms with van der Waals surface area (Å²) < 4.78 is 13.3. The monoisotopic (exact) mass is 243 g/mol. The minimum Gasteiger partial charge on any atom is -0.330 e. The zero-order valence-electron chi connectivity index (χ0n) is 10.8. The summed E-state index contributed by atoms with van der Waals surface area (Å²) in [5.74, 6) is -0.204. The van der Waals surface area contributed by atoms with E-state index in [1.54, 1.807) is 12.1 Å². The fourth-order valence-corrected chi connectivity index (χ4v) is 2.16. The van der Waals surface area contributed by atoms with E-state index in [1.807, 2.05) is 6.07 Å². The van der Waals surface area contributed by atoms with E-state index in [1.165, 1.54) is 22.8 Å². The van der Waals surface area contributed by atoms with Gasteiger partial charge in [-0.3, -0.25) is 0 Å². The Kier molecular flexibility index (Phi) is 3.78. The van der Waals surface area contributed by atoms with E-state index in [0.29, 0.717) is 6.54 Å². The van der Waals surface area contributed by atoms with Crippen molar-refractivity contribution >= 4 is 0 Å². The van der Waals surface area contributed by atoms with Crippen LogP contribution in [0.1, 0.15) is 16.7 Å². The fourth-order valence-electron chi connectivity index (χ4n) is 2.16. The van der Waals surface area contributed by atoms with Crippen molar-refractivity contribution in [2.24, 2.45) is 5.73 Å². The number of hydrogen-bond acceptors (Lipinski definition) is 1. The quantitative estimate of drug-likeness (QED) is 0.875. The lowest BCUT2D eigenvalue weighted by molar-refractivity contribution is 0.628. The Morgan fingerprint density at radius 3 is 2.44 bits per heavy atom. The van der Waals surface area contributed by atoms with E-state index in [9.17, 15) is 4.39 Å². The van der Waals surface area contributed by atoms with E-state index in [2.05, 4.69) is 26.0 Å². The van der Waals surface area contributed by atoms with Gasteiger partial charge in [-0.2, -0.15) is 0 Å². The Labute approximate surface area is 107 Å². The van der Waals surface area contributed by atoms with Gasteiger partial charge in [-0.25, -0.2) is 4.39 Å². The van der Waals surface area contributed by atoms with Crippen molar-refractivity contribution < 1.29 is 4.39 Å². The lowest BCUT2D eigenvalue weighted by Crippen LogP contribution is -2.05. The zero-order valence-corrected chi connectivity index (χ0v) is 10.8. The van der Waals surface area contributed by atoms with Crippen LogP contribution in [0.3, 0.4) is 0 Å². The first-order valence-corrected chi connectivity index (χ1v) is 6.18. The molecule has 2 aromatic rings. The van der Waals surface area contributed by atoms with Crippen LogP contribution in [0, 0.1) is 19.7 Å². The smallest absolute Gasteiger partial charge is 0.123 e. The minimum atomic E-state index is -0.204. The molecule has 0 unspecified atom stereocenters. The molecule has 0 aromatic heterocycles. The van der Waals surface area contributed by atoms with Gasteiger partial charge in [-0.05, 0) is 66.8 Å². The third kappa shape index (κ3) is 2.59. The Hall–Kier alpha value is -1.67. The molecule has 2 N–H and O–H groups in total. The number of benzene rings is 2. The number of nitrogens with two attached hydrogens (primary N) is 1.